The van der Waals surface area contributed by atoms with Crippen LogP contribution in [0.15, 0.2) is 24.3 Å². The molecule has 1 aliphatic rings. The topological polar surface area (TPSA) is 84.4 Å². The third-order valence-corrected chi connectivity index (χ3v) is 3.90. The number of anilines is 2. The van der Waals surface area contributed by atoms with E-state index in [0.717, 1.165) is 5.01 Å². The van der Waals surface area contributed by atoms with Crippen LogP contribution in [0.4, 0.5) is 10.8 Å². The Bertz CT molecular complexity index is 730. The van der Waals surface area contributed by atoms with Gasteiger partial charge >= 0.3 is 0 Å². The van der Waals surface area contributed by atoms with Crippen LogP contribution in [0.25, 0.3) is 0 Å². The highest BCUT2D eigenvalue weighted by atomic mass is 32.1. The van der Waals surface area contributed by atoms with Crippen LogP contribution in [0.3, 0.4) is 0 Å². The van der Waals surface area contributed by atoms with Crippen molar-refractivity contribution in [2.24, 2.45) is 0 Å². The van der Waals surface area contributed by atoms with Gasteiger partial charge in [-0.25, -0.2) is 0 Å². The summed E-state index contributed by atoms with van der Waals surface area (Å²) in [6, 6.07) is 7.15. The average Bonchev–Trinajstić information content (AvgIpc) is 2.89. The fourth-order valence-corrected chi connectivity index (χ4v) is 2.78. The second-order valence-electron chi connectivity index (χ2n) is 4.83. The summed E-state index contributed by atoms with van der Waals surface area (Å²) >= 11 is 1.28. The van der Waals surface area contributed by atoms with Gasteiger partial charge in [0.2, 0.25) is 11.0 Å². The number of rotatable bonds is 3. The van der Waals surface area contributed by atoms with Crippen LogP contribution >= 0.6 is 11.3 Å². The van der Waals surface area contributed by atoms with E-state index in [4.69, 9.17) is 4.74 Å². The summed E-state index contributed by atoms with van der Waals surface area (Å²) < 4.78 is 5.53. The van der Waals surface area contributed by atoms with E-state index in [1.54, 1.807) is 32.0 Å². The lowest BCUT2D eigenvalue weighted by Crippen LogP contribution is -2.47. The zero-order chi connectivity index (χ0) is 15.7. The van der Waals surface area contributed by atoms with E-state index < -0.39 is 6.10 Å². The summed E-state index contributed by atoms with van der Waals surface area (Å²) in [6.07, 6.45) is -0.619. The predicted octanol–water partition coefficient (Wildman–Crippen LogP) is 1.60. The highest BCUT2D eigenvalue weighted by molar-refractivity contribution is 7.15. The fraction of sp³-hybridized carbons (Fsp3) is 0.286. The molecule has 114 valence electrons. The van der Waals surface area contributed by atoms with E-state index >= 15 is 0 Å². The Morgan fingerprint density at radius 2 is 2.18 bits per heavy atom. The number of nitrogens with zero attached hydrogens (tertiary/aromatic N) is 3. The molecule has 2 aromatic rings. The quantitative estimate of drug-likeness (QED) is 0.929. The van der Waals surface area contributed by atoms with Crippen LogP contribution in [0.2, 0.25) is 0 Å². The lowest BCUT2D eigenvalue weighted by atomic mass is 10.2. The van der Waals surface area contributed by atoms with Crippen LogP contribution < -0.4 is 15.0 Å². The molecule has 0 bridgehead atoms. The van der Waals surface area contributed by atoms with Crippen LogP contribution in [0.1, 0.15) is 11.9 Å². The smallest absolute Gasteiger partial charge is 0.268 e. The molecule has 1 aromatic carbocycles. The Morgan fingerprint density at radius 1 is 1.41 bits per heavy atom. The van der Waals surface area contributed by atoms with Gasteiger partial charge in [-0.2, -0.15) is 0 Å². The summed E-state index contributed by atoms with van der Waals surface area (Å²) in [5, 5.41) is 11.5. The van der Waals surface area contributed by atoms with Crippen molar-refractivity contribution in [2.45, 2.75) is 20.0 Å². The van der Waals surface area contributed by atoms with Crippen molar-refractivity contribution < 1.29 is 14.3 Å². The predicted molar refractivity (Wildman–Crippen MR) is 82.2 cm³/mol. The molecule has 2 heterocycles. The minimum absolute atomic E-state index is 0.0951. The number of hydrogen-bond donors (Lipinski definition) is 1. The highest BCUT2D eigenvalue weighted by Gasteiger charge is 2.32. The number of aryl methyl sites for hydroxylation is 1. The van der Waals surface area contributed by atoms with Crippen molar-refractivity contribution in [3.05, 3.63) is 29.3 Å². The van der Waals surface area contributed by atoms with Gasteiger partial charge in [-0.1, -0.05) is 23.5 Å². The van der Waals surface area contributed by atoms with Crippen LogP contribution in [-0.4, -0.2) is 34.7 Å². The first-order valence-electron chi connectivity index (χ1n) is 6.71. The summed E-state index contributed by atoms with van der Waals surface area (Å²) in [4.78, 5) is 25.8. The second-order valence-corrected chi connectivity index (χ2v) is 6.01. The number of aromatic nitrogens is 2. The van der Waals surface area contributed by atoms with Crippen molar-refractivity contribution in [3.63, 3.8) is 0 Å². The van der Waals surface area contributed by atoms with E-state index in [2.05, 4.69) is 15.5 Å². The first-order chi connectivity index (χ1) is 10.5. The van der Waals surface area contributed by atoms with Crippen molar-refractivity contribution in [2.75, 3.05) is 16.8 Å². The minimum Gasteiger partial charge on any atom is -0.479 e. The van der Waals surface area contributed by atoms with Gasteiger partial charge in [0.25, 0.3) is 5.91 Å². The number of para-hydroxylation sites is 2. The third kappa shape index (κ3) is 2.77. The number of fused-ring (bicyclic) bond motifs is 1. The molecule has 2 amide bonds. The highest BCUT2D eigenvalue weighted by Crippen LogP contribution is 2.33. The first-order valence-corrected chi connectivity index (χ1v) is 7.53. The summed E-state index contributed by atoms with van der Waals surface area (Å²) in [6.45, 7) is 3.37. The number of ether oxygens (including phenoxy) is 1. The molecule has 0 radical (unpaired) electrons. The molecule has 7 nitrogen and oxygen atoms in total. The number of benzene rings is 1. The monoisotopic (exact) mass is 318 g/mol. The molecule has 0 saturated heterocycles. The van der Waals surface area contributed by atoms with Crippen LogP contribution in [0.5, 0.6) is 5.75 Å². The summed E-state index contributed by atoms with van der Waals surface area (Å²) in [7, 11) is 0. The van der Waals surface area contributed by atoms with Crippen LogP contribution in [0, 0.1) is 6.92 Å². The average molecular weight is 318 g/mol. The van der Waals surface area contributed by atoms with Gasteiger partial charge in [-0.3, -0.25) is 19.8 Å². The Hall–Kier alpha value is -2.48. The molecule has 8 heteroatoms. The van der Waals surface area contributed by atoms with Gasteiger partial charge in [-0.15, -0.1) is 10.2 Å². The standard InChI is InChI=1S/C14H14N4O3S/c1-8-13(20)18(10-5-3-4-6-11(10)21-8)7-12(19)15-14-17-16-9(2)22-14/h3-6,8H,7H2,1-2H3,(H,15,17,19). The molecule has 3 rings (SSSR count). The lowest BCUT2D eigenvalue weighted by molar-refractivity contribution is -0.127. The molecule has 1 aromatic heterocycles. The van der Waals surface area contributed by atoms with Gasteiger partial charge in [0.1, 0.15) is 17.3 Å². The maximum absolute atomic E-state index is 12.3. The second kappa shape index (κ2) is 5.72. The van der Waals surface area contributed by atoms with Gasteiger partial charge in [0, 0.05) is 0 Å². The molecule has 22 heavy (non-hydrogen) atoms. The normalized spacial score (nSPS) is 16.9. The zero-order valence-electron chi connectivity index (χ0n) is 12.1. The van der Waals surface area contributed by atoms with Gasteiger partial charge in [0.15, 0.2) is 6.10 Å². The maximum atomic E-state index is 12.3. The molecule has 0 spiro atoms. The molecule has 0 fully saturated rings. The molecule has 0 saturated carbocycles. The molecule has 1 unspecified atom stereocenters. The Balaban J connectivity index is 1.78. The Morgan fingerprint density at radius 3 is 2.91 bits per heavy atom. The SMILES string of the molecule is Cc1nnc(NC(=O)CN2C(=O)C(C)Oc3ccccc32)s1. The molecular formula is C14H14N4O3S. The number of carbonyl (C=O) groups excluding carboxylic acids is 2. The van der Waals surface area contributed by atoms with Crippen molar-refractivity contribution >= 4 is 34.0 Å². The molecule has 1 aliphatic heterocycles. The van der Waals surface area contributed by atoms with Crippen LogP contribution in [-0.2, 0) is 9.59 Å². The fourth-order valence-electron chi connectivity index (χ4n) is 2.17. The lowest BCUT2D eigenvalue weighted by Gasteiger charge is -2.32. The molecular weight excluding hydrogens is 304 g/mol. The third-order valence-electron chi connectivity index (χ3n) is 3.15. The number of amides is 2. The summed E-state index contributed by atoms with van der Waals surface area (Å²) in [5.41, 5.74) is 0.592. The van der Waals surface area contributed by atoms with Crippen molar-refractivity contribution in [3.8, 4) is 5.75 Å². The maximum Gasteiger partial charge on any atom is 0.268 e. The van der Waals surface area contributed by atoms with Gasteiger partial charge < -0.3 is 4.74 Å². The Labute approximate surface area is 130 Å². The van der Waals surface area contributed by atoms with Crippen molar-refractivity contribution in [1.29, 1.82) is 0 Å². The number of nitrogens with one attached hydrogen (secondary N) is 1. The van der Waals surface area contributed by atoms with E-state index in [1.807, 2.05) is 6.07 Å². The largest absolute Gasteiger partial charge is 0.479 e. The Kier molecular flexibility index (Phi) is 3.76. The van der Waals surface area contributed by atoms with Crippen molar-refractivity contribution in [1.82, 2.24) is 10.2 Å². The number of hydrogen-bond acceptors (Lipinski definition) is 6. The van der Waals surface area contributed by atoms with Gasteiger partial charge in [0.05, 0.1) is 5.69 Å². The molecule has 1 atom stereocenters. The summed E-state index contributed by atoms with van der Waals surface area (Å²) in [5.74, 6) is 0.0184. The molecule has 1 N–H and O–H groups in total. The first kappa shape index (κ1) is 14.5. The number of carbonyl (C=O) groups is 2. The van der Waals surface area contributed by atoms with E-state index in [-0.39, 0.29) is 18.4 Å². The van der Waals surface area contributed by atoms with E-state index in [0.29, 0.717) is 16.6 Å². The zero-order valence-corrected chi connectivity index (χ0v) is 12.9. The van der Waals surface area contributed by atoms with E-state index in [9.17, 15) is 9.59 Å². The van der Waals surface area contributed by atoms with E-state index in [1.165, 1.54) is 16.2 Å². The minimum atomic E-state index is -0.619. The van der Waals surface area contributed by atoms with Gasteiger partial charge in [-0.05, 0) is 26.0 Å². The molecule has 0 aliphatic carbocycles.